The Morgan fingerprint density at radius 2 is 0.907 bits per heavy atom. The molecule has 54 heavy (non-hydrogen) atoms. The fourth-order valence-corrected chi connectivity index (χ4v) is 9.13. The molecule has 0 aliphatic rings. The van der Waals surface area contributed by atoms with Gasteiger partial charge in [0.15, 0.2) is 0 Å². The Labute approximate surface area is 319 Å². The van der Waals surface area contributed by atoms with E-state index in [1.165, 1.54) is 75.5 Å². The second-order valence-corrected chi connectivity index (χ2v) is 14.7. The molecule has 0 bridgehead atoms. The van der Waals surface area contributed by atoms with Crippen LogP contribution >= 0.6 is 11.3 Å². The topological polar surface area (TPSA) is 3.24 Å². The third kappa shape index (κ3) is 5.65. The Hall–Kier alpha value is -6.74. The van der Waals surface area contributed by atoms with Gasteiger partial charge in [0.25, 0.3) is 0 Å². The maximum atomic E-state index is 2.49. The van der Waals surface area contributed by atoms with Crippen molar-refractivity contribution >= 4 is 59.3 Å². The molecule has 0 unspecified atom stereocenters. The van der Waals surface area contributed by atoms with Crippen LogP contribution in [0.15, 0.2) is 212 Å². The summed E-state index contributed by atoms with van der Waals surface area (Å²) in [5.41, 5.74) is 13.0. The fourth-order valence-electron chi connectivity index (χ4n) is 7.93. The van der Waals surface area contributed by atoms with Crippen molar-refractivity contribution in [2.24, 2.45) is 0 Å². The van der Waals surface area contributed by atoms with Gasteiger partial charge in [0.05, 0.1) is 16.1 Å². The van der Waals surface area contributed by atoms with Crippen LogP contribution in [0.3, 0.4) is 0 Å². The van der Waals surface area contributed by atoms with Gasteiger partial charge in [-0.15, -0.1) is 11.3 Å². The smallest absolute Gasteiger partial charge is 0.0640 e. The van der Waals surface area contributed by atoms with E-state index in [9.17, 15) is 0 Å². The minimum atomic E-state index is 1.10. The van der Waals surface area contributed by atoms with Crippen molar-refractivity contribution in [3.8, 4) is 44.5 Å². The SMILES string of the molecule is c1ccc(-c2ccccc2-c2c(-c3ccccc3)cccc2N(c2ccc(-c3ccc4ccccc4c3)cc2)c2cccc3c2sc2ccccc23)cc1. The lowest BCUT2D eigenvalue weighted by molar-refractivity contribution is 1.30. The summed E-state index contributed by atoms with van der Waals surface area (Å²) in [6, 6.07) is 77.2. The van der Waals surface area contributed by atoms with Gasteiger partial charge in [0, 0.05) is 26.7 Å². The molecule has 1 aromatic heterocycles. The molecule has 0 atom stereocenters. The number of benzene rings is 9. The van der Waals surface area contributed by atoms with Crippen LogP contribution in [0.1, 0.15) is 0 Å². The first-order valence-corrected chi connectivity index (χ1v) is 19.2. The second-order valence-electron chi connectivity index (χ2n) is 13.7. The average molecular weight is 706 g/mol. The normalized spacial score (nSPS) is 11.3. The minimum absolute atomic E-state index is 1.10. The number of rotatable bonds is 7. The van der Waals surface area contributed by atoms with Gasteiger partial charge in [-0.2, -0.15) is 0 Å². The fraction of sp³-hybridized carbons (Fsp3) is 0. The van der Waals surface area contributed by atoms with Gasteiger partial charge >= 0.3 is 0 Å². The van der Waals surface area contributed by atoms with Gasteiger partial charge in [-0.1, -0.05) is 176 Å². The number of hydrogen-bond acceptors (Lipinski definition) is 2. The second kappa shape index (κ2) is 13.7. The number of thiophene rings is 1. The lowest BCUT2D eigenvalue weighted by atomic mass is 9.87. The summed E-state index contributed by atoms with van der Waals surface area (Å²) in [4.78, 5) is 2.49. The number of hydrogen-bond donors (Lipinski definition) is 0. The van der Waals surface area contributed by atoms with E-state index in [2.05, 4.69) is 217 Å². The van der Waals surface area contributed by atoms with E-state index in [4.69, 9.17) is 0 Å². The van der Waals surface area contributed by atoms with Crippen LogP contribution in [0, 0.1) is 0 Å². The van der Waals surface area contributed by atoms with E-state index in [1.54, 1.807) is 0 Å². The molecule has 2 heteroatoms. The Morgan fingerprint density at radius 3 is 1.70 bits per heavy atom. The van der Waals surface area contributed by atoms with E-state index in [-0.39, 0.29) is 0 Å². The molecule has 9 aromatic carbocycles. The summed E-state index contributed by atoms with van der Waals surface area (Å²) in [5.74, 6) is 0. The first-order valence-electron chi connectivity index (χ1n) is 18.4. The van der Waals surface area contributed by atoms with Crippen molar-refractivity contribution in [2.75, 3.05) is 4.90 Å². The molecule has 1 heterocycles. The molecule has 0 aliphatic heterocycles. The lowest BCUT2D eigenvalue weighted by Gasteiger charge is -2.30. The highest BCUT2D eigenvalue weighted by molar-refractivity contribution is 7.26. The van der Waals surface area contributed by atoms with Crippen LogP contribution in [0.25, 0.3) is 75.5 Å². The van der Waals surface area contributed by atoms with Crippen molar-refractivity contribution in [1.82, 2.24) is 0 Å². The average Bonchev–Trinajstić information content (AvgIpc) is 3.64. The van der Waals surface area contributed by atoms with E-state index in [1.807, 2.05) is 11.3 Å². The quantitative estimate of drug-likeness (QED) is 0.160. The number of fused-ring (bicyclic) bond motifs is 4. The van der Waals surface area contributed by atoms with E-state index in [0.29, 0.717) is 0 Å². The number of nitrogens with zero attached hydrogens (tertiary/aromatic N) is 1. The summed E-state index contributed by atoms with van der Waals surface area (Å²) in [7, 11) is 0. The third-order valence-electron chi connectivity index (χ3n) is 10.5. The standard InChI is InChI=1S/C52H35NS/c1-3-16-38(17-4-1)43-21-9-10-23-46(43)51-44(39-18-5-2-6-19-39)24-13-26-48(51)53(49-27-14-25-47-45-22-11-12-28-50(45)54-52(47)49)42-33-31-37(32-34-42)41-30-29-36-15-7-8-20-40(36)35-41/h1-35H. The summed E-state index contributed by atoms with van der Waals surface area (Å²) < 4.78 is 2.56. The Bertz CT molecular complexity index is 2920. The minimum Gasteiger partial charge on any atom is -0.308 e. The highest BCUT2D eigenvalue weighted by atomic mass is 32.1. The molecular weight excluding hydrogens is 671 g/mol. The van der Waals surface area contributed by atoms with Gasteiger partial charge in [-0.25, -0.2) is 0 Å². The van der Waals surface area contributed by atoms with Crippen molar-refractivity contribution in [2.45, 2.75) is 0 Å². The first kappa shape index (κ1) is 32.0. The van der Waals surface area contributed by atoms with Crippen LogP contribution in [0.5, 0.6) is 0 Å². The molecule has 0 N–H and O–H groups in total. The van der Waals surface area contributed by atoms with E-state index < -0.39 is 0 Å². The highest BCUT2D eigenvalue weighted by Crippen LogP contribution is 2.51. The Kier molecular flexibility index (Phi) is 8.09. The summed E-state index contributed by atoms with van der Waals surface area (Å²) >= 11 is 1.87. The van der Waals surface area contributed by atoms with Crippen LogP contribution in [0.4, 0.5) is 17.1 Å². The third-order valence-corrected chi connectivity index (χ3v) is 11.7. The van der Waals surface area contributed by atoms with Crippen molar-refractivity contribution in [3.05, 3.63) is 212 Å². The molecule has 0 saturated carbocycles. The van der Waals surface area contributed by atoms with Crippen LogP contribution < -0.4 is 4.90 Å². The molecule has 0 fully saturated rings. The molecule has 254 valence electrons. The van der Waals surface area contributed by atoms with Crippen molar-refractivity contribution in [1.29, 1.82) is 0 Å². The lowest BCUT2D eigenvalue weighted by Crippen LogP contribution is -2.12. The Balaban J connectivity index is 1.25. The van der Waals surface area contributed by atoms with Gasteiger partial charge in [-0.05, 0) is 86.1 Å². The first-order chi connectivity index (χ1) is 26.8. The monoisotopic (exact) mass is 705 g/mol. The van der Waals surface area contributed by atoms with Crippen LogP contribution in [0.2, 0.25) is 0 Å². The van der Waals surface area contributed by atoms with Gasteiger partial charge in [-0.3, -0.25) is 0 Å². The van der Waals surface area contributed by atoms with Crippen molar-refractivity contribution < 1.29 is 0 Å². The molecule has 10 aromatic rings. The molecule has 0 saturated heterocycles. The zero-order valence-corrected chi connectivity index (χ0v) is 30.4. The van der Waals surface area contributed by atoms with Gasteiger partial charge in [0.2, 0.25) is 0 Å². The summed E-state index contributed by atoms with van der Waals surface area (Å²) in [6.07, 6.45) is 0. The molecule has 0 spiro atoms. The van der Waals surface area contributed by atoms with Crippen LogP contribution in [-0.2, 0) is 0 Å². The molecule has 1 nitrogen and oxygen atoms in total. The van der Waals surface area contributed by atoms with E-state index >= 15 is 0 Å². The predicted octanol–water partition coefficient (Wildman–Crippen LogP) is 15.3. The molecule has 10 rings (SSSR count). The van der Waals surface area contributed by atoms with E-state index in [0.717, 1.165) is 17.1 Å². The highest BCUT2D eigenvalue weighted by Gasteiger charge is 2.24. The summed E-state index contributed by atoms with van der Waals surface area (Å²) in [5, 5.41) is 5.06. The number of anilines is 3. The van der Waals surface area contributed by atoms with Gasteiger partial charge in [0.1, 0.15) is 0 Å². The predicted molar refractivity (Wildman–Crippen MR) is 233 cm³/mol. The zero-order valence-electron chi connectivity index (χ0n) is 29.6. The van der Waals surface area contributed by atoms with Crippen molar-refractivity contribution in [3.63, 3.8) is 0 Å². The maximum absolute atomic E-state index is 2.49. The molecule has 0 amide bonds. The zero-order chi connectivity index (χ0) is 35.8. The van der Waals surface area contributed by atoms with Gasteiger partial charge < -0.3 is 4.90 Å². The largest absolute Gasteiger partial charge is 0.308 e. The summed E-state index contributed by atoms with van der Waals surface area (Å²) in [6.45, 7) is 0. The Morgan fingerprint density at radius 1 is 0.333 bits per heavy atom. The maximum Gasteiger partial charge on any atom is 0.0640 e. The van der Waals surface area contributed by atoms with Crippen LogP contribution in [-0.4, -0.2) is 0 Å². The molecule has 0 aliphatic carbocycles. The molecule has 0 radical (unpaired) electrons. The molecular formula is C52H35NS.